The second-order valence-electron chi connectivity index (χ2n) is 4.48. The van der Waals surface area contributed by atoms with E-state index in [1.165, 1.54) is 5.56 Å². The van der Waals surface area contributed by atoms with Gasteiger partial charge in [-0.25, -0.2) is 4.98 Å². The standard InChI is InChI=1S/C13H19BrN2O/c1-3-12-9-17-10(2)8-16(12)13-11(7-14)5-4-6-15-13/h4-6,10,12H,3,7-9H2,1-2H3. The Hall–Kier alpha value is -0.610. The second-order valence-corrected chi connectivity index (χ2v) is 5.04. The average Bonchev–Trinajstić information content (AvgIpc) is 2.38. The first-order valence-corrected chi connectivity index (χ1v) is 7.26. The molecule has 0 aromatic carbocycles. The summed E-state index contributed by atoms with van der Waals surface area (Å²) in [6, 6.07) is 4.56. The van der Waals surface area contributed by atoms with Gasteiger partial charge in [0.15, 0.2) is 0 Å². The van der Waals surface area contributed by atoms with Crippen LogP contribution >= 0.6 is 15.9 Å². The van der Waals surface area contributed by atoms with Crippen LogP contribution in [0.4, 0.5) is 5.82 Å². The summed E-state index contributed by atoms with van der Waals surface area (Å²) in [5.74, 6) is 1.10. The number of ether oxygens (including phenoxy) is 1. The van der Waals surface area contributed by atoms with E-state index in [0.29, 0.717) is 6.04 Å². The molecule has 3 nitrogen and oxygen atoms in total. The van der Waals surface area contributed by atoms with Gasteiger partial charge >= 0.3 is 0 Å². The predicted octanol–water partition coefficient (Wildman–Crippen LogP) is 2.98. The molecule has 2 unspecified atom stereocenters. The molecule has 0 N–H and O–H groups in total. The highest BCUT2D eigenvalue weighted by atomic mass is 79.9. The van der Waals surface area contributed by atoms with E-state index < -0.39 is 0 Å². The fourth-order valence-electron chi connectivity index (χ4n) is 2.23. The van der Waals surface area contributed by atoms with Crippen molar-refractivity contribution in [3.63, 3.8) is 0 Å². The molecule has 1 aromatic heterocycles. The molecule has 0 bridgehead atoms. The van der Waals surface area contributed by atoms with Gasteiger partial charge in [0.1, 0.15) is 5.82 Å². The highest BCUT2D eigenvalue weighted by Crippen LogP contribution is 2.26. The van der Waals surface area contributed by atoms with Crippen LogP contribution < -0.4 is 4.90 Å². The Labute approximate surface area is 111 Å². The van der Waals surface area contributed by atoms with Gasteiger partial charge in [-0.2, -0.15) is 0 Å². The molecule has 0 saturated carbocycles. The van der Waals surface area contributed by atoms with Crippen molar-refractivity contribution in [2.24, 2.45) is 0 Å². The third-order valence-corrected chi connectivity index (χ3v) is 3.83. The maximum atomic E-state index is 5.73. The van der Waals surface area contributed by atoms with Gasteiger partial charge in [0, 0.05) is 23.6 Å². The summed E-state index contributed by atoms with van der Waals surface area (Å²) in [4.78, 5) is 6.94. The van der Waals surface area contributed by atoms with Crippen LogP contribution in [0.2, 0.25) is 0 Å². The monoisotopic (exact) mass is 298 g/mol. The molecule has 0 aliphatic carbocycles. The lowest BCUT2D eigenvalue weighted by molar-refractivity contribution is 0.0295. The van der Waals surface area contributed by atoms with Crippen LogP contribution in [-0.2, 0) is 10.1 Å². The first-order valence-electron chi connectivity index (χ1n) is 6.14. The predicted molar refractivity (Wildman–Crippen MR) is 73.7 cm³/mol. The van der Waals surface area contributed by atoms with E-state index in [4.69, 9.17) is 4.74 Å². The zero-order valence-electron chi connectivity index (χ0n) is 10.4. The fourth-order valence-corrected chi connectivity index (χ4v) is 2.67. The van der Waals surface area contributed by atoms with Gasteiger partial charge in [-0.15, -0.1) is 0 Å². The molecular formula is C13H19BrN2O. The molecule has 1 aliphatic heterocycles. The normalized spacial score (nSPS) is 25.0. The lowest BCUT2D eigenvalue weighted by Crippen LogP contribution is -2.49. The summed E-state index contributed by atoms with van der Waals surface area (Å²) in [5, 5.41) is 0.846. The molecule has 0 amide bonds. The van der Waals surface area contributed by atoms with Crippen LogP contribution in [0.1, 0.15) is 25.8 Å². The maximum absolute atomic E-state index is 5.73. The van der Waals surface area contributed by atoms with Crippen molar-refractivity contribution >= 4 is 21.7 Å². The Morgan fingerprint density at radius 2 is 2.41 bits per heavy atom. The lowest BCUT2D eigenvalue weighted by atomic mass is 10.1. The molecule has 2 rings (SSSR count). The van der Waals surface area contributed by atoms with E-state index in [1.807, 2.05) is 12.3 Å². The number of aromatic nitrogens is 1. The van der Waals surface area contributed by atoms with Gasteiger partial charge in [-0.1, -0.05) is 28.9 Å². The van der Waals surface area contributed by atoms with E-state index in [0.717, 1.165) is 30.7 Å². The number of hydrogen-bond donors (Lipinski definition) is 0. The minimum absolute atomic E-state index is 0.281. The van der Waals surface area contributed by atoms with E-state index in [9.17, 15) is 0 Å². The van der Waals surface area contributed by atoms with Crippen molar-refractivity contribution < 1.29 is 4.74 Å². The van der Waals surface area contributed by atoms with Crippen LogP contribution in [-0.4, -0.2) is 30.3 Å². The first-order chi connectivity index (χ1) is 8.26. The van der Waals surface area contributed by atoms with E-state index in [-0.39, 0.29) is 6.10 Å². The zero-order chi connectivity index (χ0) is 12.3. The number of pyridine rings is 1. The molecule has 17 heavy (non-hydrogen) atoms. The molecule has 0 radical (unpaired) electrons. The number of nitrogens with zero attached hydrogens (tertiary/aromatic N) is 2. The van der Waals surface area contributed by atoms with Gasteiger partial charge in [-0.3, -0.25) is 0 Å². The lowest BCUT2D eigenvalue weighted by Gasteiger charge is -2.39. The fraction of sp³-hybridized carbons (Fsp3) is 0.615. The van der Waals surface area contributed by atoms with Gasteiger partial charge in [0.2, 0.25) is 0 Å². The highest BCUT2D eigenvalue weighted by molar-refractivity contribution is 9.08. The molecule has 1 aromatic rings. The van der Waals surface area contributed by atoms with Gasteiger partial charge < -0.3 is 9.64 Å². The molecule has 2 atom stereocenters. The van der Waals surface area contributed by atoms with Crippen LogP contribution in [0.25, 0.3) is 0 Å². The summed E-state index contributed by atoms with van der Waals surface area (Å²) < 4.78 is 5.73. The minimum Gasteiger partial charge on any atom is -0.375 e. The summed E-state index contributed by atoms with van der Waals surface area (Å²) in [5.41, 5.74) is 1.25. The molecule has 1 saturated heterocycles. The number of alkyl halides is 1. The number of morpholine rings is 1. The number of anilines is 1. The van der Waals surface area contributed by atoms with Crippen molar-refractivity contribution in [2.75, 3.05) is 18.1 Å². The number of rotatable bonds is 3. The van der Waals surface area contributed by atoms with Crippen molar-refractivity contribution in [3.8, 4) is 0 Å². The summed E-state index contributed by atoms with van der Waals surface area (Å²) >= 11 is 3.53. The minimum atomic E-state index is 0.281. The highest BCUT2D eigenvalue weighted by Gasteiger charge is 2.27. The maximum Gasteiger partial charge on any atom is 0.132 e. The van der Waals surface area contributed by atoms with Crippen LogP contribution in [0.3, 0.4) is 0 Å². The third kappa shape index (κ3) is 2.80. The molecule has 94 valence electrons. The Balaban J connectivity index is 2.28. The summed E-state index contributed by atoms with van der Waals surface area (Å²) in [7, 11) is 0. The Morgan fingerprint density at radius 1 is 1.59 bits per heavy atom. The Kier molecular flexibility index (Phi) is 4.40. The van der Waals surface area contributed by atoms with Crippen LogP contribution in [0.15, 0.2) is 18.3 Å². The largest absolute Gasteiger partial charge is 0.375 e. The number of hydrogen-bond acceptors (Lipinski definition) is 3. The molecule has 4 heteroatoms. The third-order valence-electron chi connectivity index (χ3n) is 3.22. The van der Waals surface area contributed by atoms with Gasteiger partial charge in [-0.05, 0) is 19.4 Å². The smallest absolute Gasteiger partial charge is 0.132 e. The van der Waals surface area contributed by atoms with Gasteiger partial charge in [0.25, 0.3) is 0 Å². The molecule has 1 aliphatic rings. The van der Waals surface area contributed by atoms with Crippen molar-refractivity contribution in [3.05, 3.63) is 23.9 Å². The quantitative estimate of drug-likeness (QED) is 0.802. The molecule has 0 spiro atoms. The molecule has 2 heterocycles. The summed E-state index contributed by atoms with van der Waals surface area (Å²) in [6.45, 7) is 6.05. The van der Waals surface area contributed by atoms with E-state index >= 15 is 0 Å². The van der Waals surface area contributed by atoms with Gasteiger partial charge in [0.05, 0.1) is 18.8 Å². The van der Waals surface area contributed by atoms with Crippen LogP contribution in [0, 0.1) is 0 Å². The average molecular weight is 299 g/mol. The first kappa shape index (κ1) is 12.8. The van der Waals surface area contributed by atoms with E-state index in [2.05, 4.69) is 45.7 Å². The van der Waals surface area contributed by atoms with Crippen molar-refractivity contribution in [1.82, 2.24) is 4.98 Å². The SMILES string of the molecule is CCC1COC(C)CN1c1ncccc1CBr. The molecule has 1 fully saturated rings. The van der Waals surface area contributed by atoms with Crippen LogP contribution in [0.5, 0.6) is 0 Å². The topological polar surface area (TPSA) is 25.4 Å². The zero-order valence-corrected chi connectivity index (χ0v) is 12.0. The molecular weight excluding hydrogens is 280 g/mol. The van der Waals surface area contributed by atoms with Crippen molar-refractivity contribution in [2.45, 2.75) is 37.7 Å². The number of halogens is 1. The second kappa shape index (κ2) is 5.83. The summed E-state index contributed by atoms with van der Waals surface area (Å²) in [6.07, 6.45) is 3.24. The van der Waals surface area contributed by atoms with Crippen molar-refractivity contribution in [1.29, 1.82) is 0 Å². The Bertz CT molecular complexity index is 372. The van der Waals surface area contributed by atoms with E-state index in [1.54, 1.807) is 0 Å². The Morgan fingerprint density at radius 3 is 3.12 bits per heavy atom.